The molecule has 0 aliphatic heterocycles. The van der Waals surface area contributed by atoms with Gasteiger partial charge in [0.15, 0.2) is 0 Å². The molecular weight excluding hydrogens is 208 g/mol. The van der Waals surface area contributed by atoms with Crippen molar-refractivity contribution < 1.29 is 0 Å². The molecule has 2 rings (SSSR count). The van der Waals surface area contributed by atoms with Gasteiger partial charge in [0.05, 0.1) is 0 Å². The maximum Gasteiger partial charge on any atom is 0.00702 e. The molecule has 2 atom stereocenters. The first-order valence-corrected chi connectivity index (χ1v) is 7.82. The van der Waals surface area contributed by atoms with Crippen LogP contribution in [0.2, 0.25) is 0 Å². The molecule has 0 aromatic rings. The molecule has 2 fully saturated rings. The van der Waals surface area contributed by atoms with Gasteiger partial charge in [0.25, 0.3) is 0 Å². The van der Waals surface area contributed by atoms with Gasteiger partial charge in [0, 0.05) is 6.04 Å². The van der Waals surface area contributed by atoms with Crippen molar-refractivity contribution in [2.75, 3.05) is 13.1 Å². The summed E-state index contributed by atoms with van der Waals surface area (Å²) in [6.07, 6.45) is 14.2. The monoisotopic (exact) mass is 238 g/mol. The van der Waals surface area contributed by atoms with Gasteiger partial charge in [-0.2, -0.15) is 0 Å². The topological polar surface area (TPSA) is 38.0 Å². The van der Waals surface area contributed by atoms with Crippen molar-refractivity contribution in [1.82, 2.24) is 5.32 Å². The van der Waals surface area contributed by atoms with E-state index in [-0.39, 0.29) is 0 Å². The second kappa shape index (κ2) is 7.38. The molecular formula is C15H30N2. The fraction of sp³-hybridized carbons (Fsp3) is 1.00. The first-order valence-electron chi connectivity index (χ1n) is 7.82. The second-order valence-electron chi connectivity index (χ2n) is 6.23. The van der Waals surface area contributed by atoms with Crippen LogP contribution in [0, 0.1) is 11.8 Å². The SMILES string of the molecule is NCC1CCCC(NCC2CCCCCC2)C1. The van der Waals surface area contributed by atoms with Crippen molar-refractivity contribution >= 4 is 0 Å². The predicted octanol–water partition coefficient (Wildman–Crippen LogP) is 3.06. The van der Waals surface area contributed by atoms with E-state index >= 15 is 0 Å². The number of nitrogens with two attached hydrogens (primary N) is 1. The van der Waals surface area contributed by atoms with Crippen LogP contribution in [-0.4, -0.2) is 19.1 Å². The summed E-state index contributed by atoms with van der Waals surface area (Å²) in [5.74, 6) is 1.74. The molecule has 2 aliphatic rings. The first kappa shape index (κ1) is 13.4. The summed E-state index contributed by atoms with van der Waals surface area (Å²) in [4.78, 5) is 0. The highest BCUT2D eigenvalue weighted by Gasteiger charge is 2.21. The fourth-order valence-corrected chi connectivity index (χ4v) is 3.59. The second-order valence-corrected chi connectivity index (χ2v) is 6.23. The number of rotatable bonds is 4. The van der Waals surface area contributed by atoms with Gasteiger partial charge in [-0.15, -0.1) is 0 Å². The standard InChI is InChI=1S/C15H30N2/c16-11-14-8-5-9-15(10-14)17-12-13-6-3-1-2-4-7-13/h13-15,17H,1-12,16H2. The van der Waals surface area contributed by atoms with Crippen LogP contribution in [-0.2, 0) is 0 Å². The van der Waals surface area contributed by atoms with Crippen molar-refractivity contribution in [3.05, 3.63) is 0 Å². The summed E-state index contributed by atoms with van der Waals surface area (Å²) in [5.41, 5.74) is 5.80. The van der Waals surface area contributed by atoms with Crippen molar-refractivity contribution in [2.24, 2.45) is 17.6 Å². The molecule has 17 heavy (non-hydrogen) atoms. The molecule has 0 radical (unpaired) electrons. The van der Waals surface area contributed by atoms with E-state index in [9.17, 15) is 0 Å². The van der Waals surface area contributed by atoms with Crippen LogP contribution in [0.1, 0.15) is 64.2 Å². The highest BCUT2D eigenvalue weighted by molar-refractivity contribution is 4.79. The minimum Gasteiger partial charge on any atom is -0.330 e. The third-order valence-electron chi connectivity index (χ3n) is 4.79. The van der Waals surface area contributed by atoms with Crippen LogP contribution in [0.3, 0.4) is 0 Å². The highest BCUT2D eigenvalue weighted by Crippen LogP contribution is 2.25. The van der Waals surface area contributed by atoms with Crippen LogP contribution < -0.4 is 11.1 Å². The van der Waals surface area contributed by atoms with Crippen molar-refractivity contribution in [2.45, 2.75) is 70.3 Å². The minimum atomic E-state index is 0.764. The first-order chi connectivity index (χ1) is 8.38. The summed E-state index contributed by atoms with van der Waals surface area (Å²) in [7, 11) is 0. The molecule has 0 heterocycles. The Kier molecular flexibility index (Phi) is 5.79. The normalized spacial score (nSPS) is 32.3. The minimum absolute atomic E-state index is 0.764. The summed E-state index contributed by atoms with van der Waals surface area (Å²) in [5, 5.41) is 3.83. The predicted molar refractivity (Wildman–Crippen MR) is 74.0 cm³/mol. The van der Waals surface area contributed by atoms with Crippen molar-refractivity contribution in [3.8, 4) is 0 Å². The molecule has 2 heteroatoms. The molecule has 100 valence electrons. The lowest BCUT2D eigenvalue weighted by atomic mass is 9.85. The Morgan fingerprint density at radius 3 is 2.24 bits per heavy atom. The Bertz CT molecular complexity index is 197. The van der Waals surface area contributed by atoms with Crippen LogP contribution in [0.25, 0.3) is 0 Å². The lowest BCUT2D eigenvalue weighted by Gasteiger charge is -2.30. The Balaban J connectivity index is 1.66. The van der Waals surface area contributed by atoms with E-state index in [2.05, 4.69) is 5.32 Å². The van der Waals surface area contributed by atoms with Crippen LogP contribution in [0.5, 0.6) is 0 Å². The molecule has 0 spiro atoms. The molecule has 0 saturated heterocycles. The largest absolute Gasteiger partial charge is 0.330 e. The zero-order chi connectivity index (χ0) is 11.9. The van der Waals surface area contributed by atoms with E-state index in [1.165, 1.54) is 70.8 Å². The molecule has 0 bridgehead atoms. The number of hydrogen-bond donors (Lipinski definition) is 2. The Labute approximate surface area is 107 Å². The average molecular weight is 238 g/mol. The molecule has 0 aromatic heterocycles. The Morgan fingerprint density at radius 2 is 1.53 bits per heavy atom. The van der Waals surface area contributed by atoms with E-state index in [0.717, 1.165) is 24.4 Å². The number of nitrogens with one attached hydrogen (secondary N) is 1. The zero-order valence-electron chi connectivity index (χ0n) is 11.3. The zero-order valence-corrected chi connectivity index (χ0v) is 11.3. The van der Waals surface area contributed by atoms with Gasteiger partial charge in [0.1, 0.15) is 0 Å². The molecule has 2 aliphatic carbocycles. The van der Waals surface area contributed by atoms with E-state index in [4.69, 9.17) is 5.73 Å². The van der Waals surface area contributed by atoms with Crippen LogP contribution >= 0.6 is 0 Å². The van der Waals surface area contributed by atoms with E-state index < -0.39 is 0 Å². The summed E-state index contributed by atoms with van der Waals surface area (Å²) >= 11 is 0. The number of hydrogen-bond acceptors (Lipinski definition) is 2. The van der Waals surface area contributed by atoms with Gasteiger partial charge >= 0.3 is 0 Å². The fourth-order valence-electron chi connectivity index (χ4n) is 3.59. The highest BCUT2D eigenvalue weighted by atomic mass is 14.9. The van der Waals surface area contributed by atoms with Gasteiger partial charge in [0.2, 0.25) is 0 Å². The van der Waals surface area contributed by atoms with Crippen molar-refractivity contribution in [1.29, 1.82) is 0 Å². The molecule has 2 unspecified atom stereocenters. The summed E-state index contributed by atoms with van der Waals surface area (Å²) in [6, 6.07) is 0.764. The van der Waals surface area contributed by atoms with Gasteiger partial charge < -0.3 is 11.1 Å². The molecule has 0 amide bonds. The smallest absolute Gasteiger partial charge is 0.00702 e. The Hall–Kier alpha value is -0.0800. The third kappa shape index (κ3) is 4.59. The molecule has 2 nitrogen and oxygen atoms in total. The van der Waals surface area contributed by atoms with E-state index in [0.29, 0.717) is 0 Å². The van der Waals surface area contributed by atoms with Crippen LogP contribution in [0.4, 0.5) is 0 Å². The van der Waals surface area contributed by atoms with E-state index in [1.807, 2.05) is 0 Å². The van der Waals surface area contributed by atoms with E-state index in [1.54, 1.807) is 0 Å². The van der Waals surface area contributed by atoms with Gasteiger partial charge in [-0.1, -0.05) is 32.1 Å². The lowest BCUT2D eigenvalue weighted by Crippen LogP contribution is -2.38. The van der Waals surface area contributed by atoms with Crippen molar-refractivity contribution in [3.63, 3.8) is 0 Å². The Morgan fingerprint density at radius 1 is 0.824 bits per heavy atom. The average Bonchev–Trinajstić information content (AvgIpc) is 2.65. The third-order valence-corrected chi connectivity index (χ3v) is 4.79. The van der Waals surface area contributed by atoms with Gasteiger partial charge in [-0.25, -0.2) is 0 Å². The van der Waals surface area contributed by atoms with Crippen LogP contribution in [0.15, 0.2) is 0 Å². The molecule has 2 saturated carbocycles. The maximum atomic E-state index is 5.80. The maximum absolute atomic E-state index is 5.80. The summed E-state index contributed by atoms with van der Waals surface area (Å²) < 4.78 is 0. The molecule has 3 N–H and O–H groups in total. The van der Waals surface area contributed by atoms with Gasteiger partial charge in [-0.3, -0.25) is 0 Å². The summed E-state index contributed by atoms with van der Waals surface area (Å²) in [6.45, 7) is 2.16. The molecule has 0 aromatic carbocycles. The quantitative estimate of drug-likeness (QED) is 0.739. The van der Waals surface area contributed by atoms with Gasteiger partial charge in [-0.05, 0) is 57.0 Å². The lowest BCUT2D eigenvalue weighted by molar-refractivity contribution is 0.274.